The molecular formula is C15H15N3O3. The highest BCUT2D eigenvalue weighted by Gasteiger charge is 2.21. The maximum atomic E-state index is 12.3. The summed E-state index contributed by atoms with van der Waals surface area (Å²) in [5.41, 5.74) is 2.52. The molecule has 1 aliphatic heterocycles. The molecule has 2 heterocycles. The molecule has 1 N–H and O–H groups in total. The van der Waals surface area contributed by atoms with Gasteiger partial charge in [-0.25, -0.2) is 0 Å². The molecule has 0 radical (unpaired) electrons. The summed E-state index contributed by atoms with van der Waals surface area (Å²) in [6.45, 7) is 1.06. The number of rotatable bonds is 4. The Hall–Kier alpha value is -2.63. The molecule has 0 unspecified atom stereocenters. The van der Waals surface area contributed by atoms with Gasteiger partial charge in [0, 0.05) is 18.3 Å². The molecule has 1 aliphatic rings. The highest BCUT2D eigenvalue weighted by Crippen LogP contribution is 2.26. The van der Waals surface area contributed by atoms with Crippen LogP contribution in [0.25, 0.3) is 0 Å². The number of Topliss-reactive ketones (excluding diaryl/α,β-unsaturated/α-hetero) is 1. The van der Waals surface area contributed by atoms with Crippen LogP contribution >= 0.6 is 0 Å². The van der Waals surface area contributed by atoms with Crippen molar-refractivity contribution < 1.29 is 9.72 Å². The normalized spacial score (nSPS) is 13.8. The molecule has 0 fully saturated rings. The first-order chi connectivity index (χ1) is 10.1. The van der Waals surface area contributed by atoms with Crippen LogP contribution in [-0.4, -0.2) is 28.8 Å². The second kappa shape index (κ2) is 5.40. The van der Waals surface area contributed by atoms with E-state index in [0.717, 1.165) is 25.1 Å². The first-order valence-corrected chi connectivity index (χ1v) is 6.84. The molecule has 0 saturated heterocycles. The molecule has 1 aromatic heterocycles. The molecule has 0 aliphatic carbocycles. The van der Waals surface area contributed by atoms with Crippen LogP contribution in [0.2, 0.25) is 0 Å². The summed E-state index contributed by atoms with van der Waals surface area (Å²) in [4.78, 5) is 27.1. The van der Waals surface area contributed by atoms with Crippen molar-refractivity contribution in [3.05, 3.63) is 57.9 Å². The third-order valence-electron chi connectivity index (χ3n) is 3.72. The number of aromatic amines is 1. The Labute approximate surface area is 121 Å². The molecule has 3 rings (SSSR count). The van der Waals surface area contributed by atoms with Gasteiger partial charge in [0.15, 0.2) is 5.78 Å². The number of carbonyl (C=O) groups excluding carboxylic acids is 1. The van der Waals surface area contributed by atoms with Gasteiger partial charge >= 0.3 is 0 Å². The number of nitrogens with one attached hydrogen (secondary N) is 1. The Balaban J connectivity index is 1.77. The van der Waals surface area contributed by atoms with Crippen LogP contribution in [0.15, 0.2) is 36.5 Å². The van der Waals surface area contributed by atoms with Crippen LogP contribution in [0.1, 0.15) is 22.5 Å². The predicted octanol–water partition coefficient (Wildman–Crippen LogP) is 2.56. The number of H-pyrrole nitrogens is 1. The van der Waals surface area contributed by atoms with Crippen molar-refractivity contribution in [2.24, 2.45) is 0 Å². The number of anilines is 1. The van der Waals surface area contributed by atoms with E-state index in [4.69, 9.17) is 0 Å². The fraction of sp³-hybridized carbons (Fsp3) is 0.267. The molecule has 2 aromatic rings. The van der Waals surface area contributed by atoms with Crippen molar-refractivity contribution in [3.8, 4) is 0 Å². The lowest BCUT2D eigenvalue weighted by Gasteiger charge is -2.30. The van der Waals surface area contributed by atoms with E-state index in [9.17, 15) is 14.9 Å². The summed E-state index contributed by atoms with van der Waals surface area (Å²) in [6, 6.07) is 9.34. The fourth-order valence-corrected chi connectivity index (χ4v) is 2.68. The Morgan fingerprint density at radius 3 is 2.95 bits per heavy atom. The smallest absolute Gasteiger partial charge is 0.287 e. The molecule has 21 heavy (non-hydrogen) atoms. The molecule has 6 nitrogen and oxygen atoms in total. The summed E-state index contributed by atoms with van der Waals surface area (Å²) < 4.78 is 0. The number of hydrogen-bond donors (Lipinski definition) is 1. The number of aryl methyl sites for hydroxylation is 1. The van der Waals surface area contributed by atoms with Gasteiger partial charge in [0.25, 0.3) is 5.69 Å². The van der Waals surface area contributed by atoms with Gasteiger partial charge in [-0.3, -0.25) is 14.9 Å². The zero-order valence-corrected chi connectivity index (χ0v) is 11.4. The number of fused-ring (bicyclic) bond motifs is 1. The summed E-state index contributed by atoms with van der Waals surface area (Å²) in [7, 11) is 0. The van der Waals surface area contributed by atoms with Crippen LogP contribution in [0.4, 0.5) is 11.4 Å². The average Bonchev–Trinajstić information content (AvgIpc) is 2.98. The summed E-state index contributed by atoms with van der Waals surface area (Å²) in [6.07, 6.45) is 3.28. The van der Waals surface area contributed by atoms with E-state index >= 15 is 0 Å². The van der Waals surface area contributed by atoms with E-state index in [1.165, 1.54) is 17.8 Å². The second-order valence-electron chi connectivity index (χ2n) is 5.11. The SMILES string of the molecule is O=C(CN1CCCc2ccccc21)c1cc([N+](=O)[O-])c[nH]1. The number of carbonyl (C=O) groups is 1. The lowest BCUT2D eigenvalue weighted by molar-refractivity contribution is -0.384. The molecule has 0 amide bonds. The minimum atomic E-state index is -0.510. The standard InChI is InChI=1S/C15H15N3O3/c19-15(13-8-12(9-16-13)18(20)21)10-17-7-3-5-11-4-1-2-6-14(11)17/h1-2,4,6,8-9,16H,3,5,7,10H2. The van der Waals surface area contributed by atoms with Crippen LogP contribution in [0.3, 0.4) is 0 Å². The second-order valence-corrected chi connectivity index (χ2v) is 5.11. The highest BCUT2D eigenvalue weighted by molar-refractivity contribution is 5.98. The monoisotopic (exact) mass is 285 g/mol. The Morgan fingerprint density at radius 2 is 2.19 bits per heavy atom. The van der Waals surface area contributed by atoms with Crippen LogP contribution < -0.4 is 4.90 Å². The van der Waals surface area contributed by atoms with Crippen LogP contribution in [-0.2, 0) is 6.42 Å². The van der Waals surface area contributed by atoms with Gasteiger partial charge in [0.2, 0.25) is 0 Å². The van der Waals surface area contributed by atoms with E-state index in [2.05, 4.69) is 11.1 Å². The molecule has 6 heteroatoms. The average molecular weight is 285 g/mol. The van der Waals surface area contributed by atoms with Gasteiger partial charge < -0.3 is 9.88 Å². The zero-order chi connectivity index (χ0) is 14.8. The van der Waals surface area contributed by atoms with E-state index in [1.807, 2.05) is 23.1 Å². The lowest BCUT2D eigenvalue weighted by Crippen LogP contribution is -2.34. The number of para-hydroxylation sites is 1. The third kappa shape index (κ3) is 2.65. The minimum absolute atomic E-state index is 0.0857. The van der Waals surface area contributed by atoms with E-state index < -0.39 is 4.92 Å². The van der Waals surface area contributed by atoms with Crippen molar-refractivity contribution in [2.75, 3.05) is 18.0 Å². The Morgan fingerprint density at radius 1 is 1.38 bits per heavy atom. The van der Waals surface area contributed by atoms with Gasteiger partial charge in [0.1, 0.15) is 0 Å². The third-order valence-corrected chi connectivity index (χ3v) is 3.72. The maximum Gasteiger partial charge on any atom is 0.287 e. The Bertz CT molecular complexity index is 693. The zero-order valence-electron chi connectivity index (χ0n) is 11.4. The molecule has 0 saturated carbocycles. The first kappa shape index (κ1) is 13.4. The topological polar surface area (TPSA) is 79.2 Å². The molecule has 108 valence electrons. The van der Waals surface area contributed by atoms with Crippen molar-refractivity contribution in [2.45, 2.75) is 12.8 Å². The van der Waals surface area contributed by atoms with Crippen molar-refractivity contribution in [3.63, 3.8) is 0 Å². The lowest BCUT2D eigenvalue weighted by atomic mass is 10.0. The minimum Gasteiger partial charge on any atom is -0.364 e. The molecule has 1 aromatic carbocycles. The predicted molar refractivity (Wildman–Crippen MR) is 78.8 cm³/mol. The van der Waals surface area contributed by atoms with Gasteiger partial charge in [0.05, 0.1) is 23.4 Å². The van der Waals surface area contributed by atoms with Crippen LogP contribution in [0.5, 0.6) is 0 Å². The van der Waals surface area contributed by atoms with Gasteiger partial charge in [-0.1, -0.05) is 18.2 Å². The summed E-state index contributed by atoms with van der Waals surface area (Å²) in [5.74, 6) is -0.139. The number of ketones is 1. The first-order valence-electron chi connectivity index (χ1n) is 6.84. The maximum absolute atomic E-state index is 12.3. The quantitative estimate of drug-likeness (QED) is 0.532. The van der Waals surface area contributed by atoms with E-state index in [-0.39, 0.29) is 23.7 Å². The number of hydrogen-bond acceptors (Lipinski definition) is 4. The summed E-state index contributed by atoms with van der Waals surface area (Å²) >= 11 is 0. The van der Waals surface area contributed by atoms with E-state index in [1.54, 1.807) is 0 Å². The number of nitro groups is 1. The van der Waals surface area contributed by atoms with Crippen LogP contribution in [0, 0.1) is 10.1 Å². The van der Waals surface area contributed by atoms with Gasteiger partial charge in [-0.05, 0) is 24.5 Å². The summed E-state index contributed by atoms with van der Waals surface area (Å²) in [5, 5.41) is 10.7. The van der Waals surface area contributed by atoms with Crippen molar-refractivity contribution >= 4 is 17.2 Å². The molecular weight excluding hydrogens is 270 g/mol. The number of benzene rings is 1. The van der Waals surface area contributed by atoms with Gasteiger partial charge in [-0.15, -0.1) is 0 Å². The molecule has 0 spiro atoms. The molecule has 0 bridgehead atoms. The van der Waals surface area contributed by atoms with E-state index in [0.29, 0.717) is 0 Å². The van der Waals surface area contributed by atoms with Crippen molar-refractivity contribution in [1.29, 1.82) is 0 Å². The number of nitrogens with zero attached hydrogens (tertiary/aromatic N) is 2. The Kier molecular flexibility index (Phi) is 3.43. The van der Waals surface area contributed by atoms with Crippen molar-refractivity contribution in [1.82, 2.24) is 4.98 Å². The number of aromatic nitrogens is 1. The highest BCUT2D eigenvalue weighted by atomic mass is 16.6. The fourth-order valence-electron chi connectivity index (χ4n) is 2.68. The molecule has 0 atom stereocenters. The van der Waals surface area contributed by atoms with Gasteiger partial charge in [-0.2, -0.15) is 0 Å². The largest absolute Gasteiger partial charge is 0.364 e.